The van der Waals surface area contributed by atoms with Crippen molar-refractivity contribution < 1.29 is 19.4 Å². The molecular formula is C15H18BrNO4. The lowest BCUT2D eigenvalue weighted by atomic mass is 9.86. The largest absolute Gasteiger partial charge is 0.481 e. The minimum absolute atomic E-state index is 0.0917. The molecule has 1 saturated heterocycles. The average molecular weight is 356 g/mol. The molecule has 2 N–H and O–H groups in total. The first kappa shape index (κ1) is 16.0. The number of nitrogens with one attached hydrogen (secondary N) is 1. The molecule has 0 spiro atoms. The number of hydrogen-bond acceptors (Lipinski definition) is 3. The highest BCUT2D eigenvalue weighted by Crippen LogP contribution is 2.26. The van der Waals surface area contributed by atoms with Crippen LogP contribution >= 0.6 is 15.9 Å². The molecule has 5 nitrogen and oxygen atoms in total. The van der Waals surface area contributed by atoms with E-state index < -0.39 is 11.5 Å². The predicted octanol–water partition coefficient (Wildman–Crippen LogP) is 2.51. The Balaban J connectivity index is 2.21. The molecule has 1 amide bonds. The van der Waals surface area contributed by atoms with Crippen molar-refractivity contribution in [3.63, 3.8) is 0 Å². The molecule has 0 atom stereocenters. The van der Waals surface area contributed by atoms with Crippen LogP contribution in [-0.2, 0) is 9.53 Å². The van der Waals surface area contributed by atoms with Crippen LogP contribution in [0.3, 0.4) is 0 Å². The molecule has 21 heavy (non-hydrogen) atoms. The molecule has 1 fully saturated rings. The maximum absolute atomic E-state index is 12.5. The van der Waals surface area contributed by atoms with E-state index in [-0.39, 0.29) is 12.3 Å². The molecule has 0 radical (unpaired) electrons. The Morgan fingerprint density at radius 1 is 1.38 bits per heavy atom. The van der Waals surface area contributed by atoms with Gasteiger partial charge in [0.15, 0.2) is 0 Å². The first-order chi connectivity index (χ1) is 9.92. The van der Waals surface area contributed by atoms with Crippen LogP contribution in [0.4, 0.5) is 0 Å². The number of carboxylic acids is 1. The van der Waals surface area contributed by atoms with Gasteiger partial charge in [-0.05, 0) is 47.8 Å². The molecule has 0 aromatic heterocycles. The number of rotatable bonds is 4. The summed E-state index contributed by atoms with van der Waals surface area (Å²) in [5, 5.41) is 12.0. The van der Waals surface area contributed by atoms with Crippen molar-refractivity contribution in [2.75, 3.05) is 13.2 Å². The maximum atomic E-state index is 12.5. The number of amides is 1. The third-order valence-electron chi connectivity index (χ3n) is 3.68. The highest BCUT2D eigenvalue weighted by Gasteiger charge is 2.36. The number of aryl methyl sites for hydroxylation is 1. The summed E-state index contributed by atoms with van der Waals surface area (Å²) in [7, 11) is 0. The zero-order chi connectivity index (χ0) is 15.5. The molecule has 1 heterocycles. The van der Waals surface area contributed by atoms with Crippen molar-refractivity contribution >= 4 is 27.8 Å². The first-order valence-electron chi connectivity index (χ1n) is 6.80. The van der Waals surface area contributed by atoms with E-state index in [1.165, 1.54) is 0 Å². The Labute approximate surface area is 131 Å². The van der Waals surface area contributed by atoms with Crippen LogP contribution in [0.1, 0.15) is 35.2 Å². The monoisotopic (exact) mass is 355 g/mol. The normalized spacial score (nSPS) is 17.2. The fourth-order valence-electron chi connectivity index (χ4n) is 2.52. The number of hydrogen-bond donors (Lipinski definition) is 2. The summed E-state index contributed by atoms with van der Waals surface area (Å²) in [6.07, 6.45) is 0.925. The molecule has 1 aliphatic heterocycles. The van der Waals surface area contributed by atoms with Crippen LogP contribution in [0.25, 0.3) is 0 Å². The molecule has 6 heteroatoms. The summed E-state index contributed by atoms with van der Waals surface area (Å²) < 4.78 is 5.98. The standard InChI is InChI=1S/C15H18BrNO4/c1-10-2-3-12(16)11(8-10)14(20)17-15(9-13(18)19)4-6-21-7-5-15/h2-3,8H,4-7,9H2,1H3,(H,17,20)(H,18,19). The summed E-state index contributed by atoms with van der Waals surface area (Å²) in [6, 6.07) is 5.51. The highest BCUT2D eigenvalue weighted by atomic mass is 79.9. The lowest BCUT2D eigenvalue weighted by Crippen LogP contribution is -2.53. The third-order valence-corrected chi connectivity index (χ3v) is 4.38. The topological polar surface area (TPSA) is 75.6 Å². The number of carbonyl (C=O) groups is 2. The fraction of sp³-hybridized carbons (Fsp3) is 0.467. The van der Waals surface area contributed by atoms with E-state index in [1.807, 2.05) is 19.1 Å². The summed E-state index contributed by atoms with van der Waals surface area (Å²) in [5.74, 6) is -1.17. The van der Waals surface area contributed by atoms with Gasteiger partial charge in [-0.1, -0.05) is 11.6 Å². The molecule has 1 aromatic carbocycles. The van der Waals surface area contributed by atoms with Gasteiger partial charge in [0.25, 0.3) is 5.91 Å². The van der Waals surface area contributed by atoms with Crippen LogP contribution in [0.5, 0.6) is 0 Å². The molecule has 0 saturated carbocycles. The number of carboxylic acid groups (broad SMARTS) is 1. The Morgan fingerprint density at radius 2 is 2.05 bits per heavy atom. The lowest BCUT2D eigenvalue weighted by molar-refractivity contribution is -0.139. The van der Waals surface area contributed by atoms with Crippen LogP contribution in [0.15, 0.2) is 22.7 Å². The van der Waals surface area contributed by atoms with Crippen molar-refractivity contribution in [2.24, 2.45) is 0 Å². The second-order valence-electron chi connectivity index (χ2n) is 5.40. The third kappa shape index (κ3) is 4.04. The quantitative estimate of drug-likeness (QED) is 0.869. The van der Waals surface area contributed by atoms with E-state index in [0.717, 1.165) is 5.56 Å². The summed E-state index contributed by atoms with van der Waals surface area (Å²) in [6.45, 7) is 2.83. The number of halogens is 1. The number of carbonyl (C=O) groups excluding carboxylic acids is 1. The van der Waals surface area contributed by atoms with E-state index in [9.17, 15) is 9.59 Å². The van der Waals surface area contributed by atoms with E-state index in [2.05, 4.69) is 21.2 Å². The van der Waals surface area contributed by atoms with Crippen molar-refractivity contribution in [3.8, 4) is 0 Å². The van der Waals surface area contributed by atoms with Gasteiger partial charge in [-0.15, -0.1) is 0 Å². The van der Waals surface area contributed by atoms with E-state index >= 15 is 0 Å². The molecule has 2 rings (SSSR count). The molecule has 1 aliphatic rings. The van der Waals surface area contributed by atoms with Gasteiger partial charge < -0.3 is 15.2 Å². The van der Waals surface area contributed by atoms with Crippen LogP contribution in [0.2, 0.25) is 0 Å². The molecule has 1 aromatic rings. The van der Waals surface area contributed by atoms with Crippen LogP contribution in [-0.4, -0.2) is 35.7 Å². The van der Waals surface area contributed by atoms with Gasteiger partial charge >= 0.3 is 5.97 Å². The second-order valence-corrected chi connectivity index (χ2v) is 6.25. The SMILES string of the molecule is Cc1ccc(Br)c(C(=O)NC2(CC(=O)O)CCOCC2)c1. The van der Waals surface area contributed by atoms with Crippen molar-refractivity contribution in [1.29, 1.82) is 0 Å². The van der Waals surface area contributed by atoms with Crippen molar-refractivity contribution in [2.45, 2.75) is 31.7 Å². The van der Waals surface area contributed by atoms with Gasteiger partial charge in [0.1, 0.15) is 0 Å². The van der Waals surface area contributed by atoms with Gasteiger partial charge in [0, 0.05) is 17.7 Å². The van der Waals surface area contributed by atoms with Gasteiger partial charge in [0.2, 0.25) is 0 Å². The number of ether oxygens (including phenoxy) is 1. The van der Waals surface area contributed by atoms with E-state index in [0.29, 0.717) is 36.1 Å². The molecule has 0 bridgehead atoms. The Kier molecular flexibility index (Phi) is 5.00. The Bertz CT molecular complexity index is 553. The Morgan fingerprint density at radius 3 is 2.67 bits per heavy atom. The highest BCUT2D eigenvalue weighted by molar-refractivity contribution is 9.10. The minimum atomic E-state index is -0.916. The summed E-state index contributed by atoms with van der Waals surface area (Å²) in [5.41, 5.74) is 0.763. The maximum Gasteiger partial charge on any atom is 0.305 e. The molecule has 0 aliphatic carbocycles. The van der Waals surface area contributed by atoms with Crippen molar-refractivity contribution in [1.82, 2.24) is 5.32 Å². The summed E-state index contributed by atoms with van der Waals surface area (Å²) >= 11 is 3.36. The van der Waals surface area contributed by atoms with Crippen LogP contribution < -0.4 is 5.32 Å². The van der Waals surface area contributed by atoms with E-state index in [1.54, 1.807) is 6.07 Å². The predicted molar refractivity (Wildman–Crippen MR) is 81.4 cm³/mol. The fourth-order valence-corrected chi connectivity index (χ4v) is 2.95. The lowest BCUT2D eigenvalue weighted by Gasteiger charge is -2.37. The molecule has 114 valence electrons. The van der Waals surface area contributed by atoms with Gasteiger partial charge in [-0.25, -0.2) is 0 Å². The number of aliphatic carboxylic acids is 1. The van der Waals surface area contributed by atoms with Gasteiger partial charge in [-0.3, -0.25) is 9.59 Å². The van der Waals surface area contributed by atoms with E-state index in [4.69, 9.17) is 9.84 Å². The second kappa shape index (κ2) is 6.58. The van der Waals surface area contributed by atoms with Gasteiger partial charge in [0.05, 0.1) is 17.5 Å². The zero-order valence-corrected chi connectivity index (χ0v) is 13.4. The number of benzene rings is 1. The minimum Gasteiger partial charge on any atom is -0.481 e. The van der Waals surface area contributed by atoms with Crippen molar-refractivity contribution in [3.05, 3.63) is 33.8 Å². The smallest absolute Gasteiger partial charge is 0.305 e. The van der Waals surface area contributed by atoms with Crippen LogP contribution in [0, 0.1) is 6.92 Å². The summed E-state index contributed by atoms with van der Waals surface area (Å²) in [4.78, 5) is 23.6. The first-order valence-corrected chi connectivity index (χ1v) is 7.59. The zero-order valence-electron chi connectivity index (χ0n) is 11.8. The Hall–Kier alpha value is -1.40. The van der Waals surface area contributed by atoms with Gasteiger partial charge in [-0.2, -0.15) is 0 Å². The average Bonchev–Trinajstić information content (AvgIpc) is 2.41. The molecule has 0 unspecified atom stereocenters. The molecular weight excluding hydrogens is 338 g/mol.